The first-order valence-corrected chi connectivity index (χ1v) is 8.50. The van der Waals surface area contributed by atoms with Gasteiger partial charge in [-0.05, 0) is 59.6 Å². The van der Waals surface area contributed by atoms with Gasteiger partial charge in [0.05, 0.1) is 6.20 Å². The second-order valence-electron chi connectivity index (χ2n) is 4.80. The summed E-state index contributed by atoms with van der Waals surface area (Å²) in [5, 5.41) is 3.48. The van der Waals surface area contributed by atoms with Gasteiger partial charge in [0.1, 0.15) is 11.5 Å². The van der Waals surface area contributed by atoms with Crippen molar-refractivity contribution in [2.45, 2.75) is 26.3 Å². The zero-order valence-electron chi connectivity index (χ0n) is 12.1. The van der Waals surface area contributed by atoms with Crippen LogP contribution in [0.15, 0.2) is 45.6 Å². The Bertz CT molecular complexity index is 605. The maximum absolute atomic E-state index is 5.81. The van der Waals surface area contributed by atoms with Crippen LogP contribution in [0.2, 0.25) is 0 Å². The van der Waals surface area contributed by atoms with E-state index in [0.29, 0.717) is 11.8 Å². The van der Waals surface area contributed by atoms with Crippen LogP contribution in [0.5, 0.6) is 11.5 Å². The molecule has 0 aliphatic rings. The molecule has 0 saturated carbocycles. The van der Waals surface area contributed by atoms with Gasteiger partial charge in [-0.3, -0.25) is 4.98 Å². The molecule has 0 saturated heterocycles. The lowest BCUT2D eigenvalue weighted by molar-refractivity contribution is 0.478. The summed E-state index contributed by atoms with van der Waals surface area (Å²) in [7, 11) is 0. The largest absolute Gasteiger partial charge is 0.456 e. The van der Waals surface area contributed by atoms with Crippen LogP contribution in [0.4, 0.5) is 0 Å². The van der Waals surface area contributed by atoms with Gasteiger partial charge < -0.3 is 10.1 Å². The molecule has 0 aliphatic carbocycles. The molecule has 5 heteroatoms. The van der Waals surface area contributed by atoms with E-state index >= 15 is 0 Å². The summed E-state index contributed by atoms with van der Waals surface area (Å²) in [5.74, 6) is 1.49. The predicted octanol–water partition coefficient (Wildman–Crippen LogP) is 5.46. The number of benzene rings is 1. The molecule has 0 bridgehead atoms. The average molecular weight is 414 g/mol. The van der Waals surface area contributed by atoms with Crippen LogP contribution in [0, 0.1) is 0 Å². The minimum absolute atomic E-state index is 0.306. The first-order chi connectivity index (χ1) is 10.1. The third kappa shape index (κ3) is 4.80. The molecule has 0 aliphatic heterocycles. The number of pyridine rings is 1. The van der Waals surface area contributed by atoms with Gasteiger partial charge in [0.2, 0.25) is 0 Å². The molecule has 1 unspecified atom stereocenters. The molecule has 0 amide bonds. The summed E-state index contributed by atoms with van der Waals surface area (Å²) in [4.78, 5) is 4.09. The Kier molecular flexibility index (Phi) is 6.21. The molecule has 1 aromatic carbocycles. The number of hydrogen-bond acceptors (Lipinski definition) is 3. The minimum atomic E-state index is 0.306. The van der Waals surface area contributed by atoms with Crippen LogP contribution < -0.4 is 10.1 Å². The Balaban J connectivity index is 2.11. The molecular formula is C16H18Br2N2O. The highest BCUT2D eigenvalue weighted by atomic mass is 79.9. The van der Waals surface area contributed by atoms with Gasteiger partial charge in [-0.15, -0.1) is 0 Å². The molecule has 0 radical (unpaired) electrons. The smallest absolute Gasteiger partial charge is 0.146 e. The summed E-state index contributed by atoms with van der Waals surface area (Å²) < 4.78 is 7.75. The summed E-state index contributed by atoms with van der Waals surface area (Å²) in [6.07, 6.45) is 4.55. The maximum atomic E-state index is 5.81. The van der Waals surface area contributed by atoms with Crippen molar-refractivity contribution in [2.24, 2.45) is 0 Å². The lowest BCUT2D eigenvalue weighted by Gasteiger charge is -2.16. The van der Waals surface area contributed by atoms with E-state index < -0.39 is 0 Å². The Morgan fingerprint density at radius 2 is 2.00 bits per heavy atom. The van der Waals surface area contributed by atoms with Crippen molar-refractivity contribution in [3.8, 4) is 11.5 Å². The van der Waals surface area contributed by atoms with E-state index in [1.54, 1.807) is 12.4 Å². The molecule has 21 heavy (non-hydrogen) atoms. The van der Waals surface area contributed by atoms with Crippen molar-refractivity contribution in [1.82, 2.24) is 10.3 Å². The highest BCUT2D eigenvalue weighted by molar-refractivity contribution is 9.10. The zero-order chi connectivity index (χ0) is 15.2. The topological polar surface area (TPSA) is 34.1 Å². The predicted molar refractivity (Wildman–Crippen MR) is 92.9 cm³/mol. The van der Waals surface area contributed by atoms with Gasteiger partial charge in [0.25, 0.3) is 0 Å². The molecule has 1 aromatic heterocycles. The molecule has 2 aromatic rings. The fourth-order valence-corrected chi connectivity index (χ4v) is 3.02. The lowest BCUT2D eigenvalue weighted by atomic mass is 10.1. The van der Waals surface area contributed by atoms with E-state index in [0.717, 1.165) is 27.7 Å². The van der Waals surface area contributed by atoms with Crippen molar-refractivity contribution >= 4 is 31.9 Å². The fourth-order valence-electron chi connectivity index (χ4n) is 1.98. The van der Waals surface area contributed by atoms with Crippen LogP contribution in [-0.2, 0) is 0 Å². The molecule has 0 fully saturated rings. The first kappa shape index (κ1) is 16.5. The number of ether oxygens (including phenoxy) is 1. The first-order valence-electron chi connectivity index (χ1n) is 6.91. The highest BCUT2D eigenvalue weighted by Crippen LogP contribution is 2.30. The molecule has 2 rings (SSSR count). The van der Waals surface area contributed by atoms with Crippen molar-refractivity contribution in [3.63, 3.8) is 0 Å². The third-order valence-corrected chi connectivity index (χ3v) is 4.17. The molecule has 1 atom stereocenters. The monoisotopic (exact) mass is 412 g/mol. The van der Waals surface area contributed by atoms with Crippen molar-refractivity contribution in [1.29, 1.82) is 0 Å². The van der Waals surface area contributed by atoms with E-state index in [9.17, 15) is 0 Å². The molecule has 1 heterocycles. The second kappa shape index (κ2) is 7.92. The van der Waals surface area contributed by atoms with Crippen LogP contribution in [0.1, 0.15) is 31.9 Å². The molecular weight excluding hydrogens is 396 g/mol. The quantitative estimate of drug-likeness (QED) is 0.682. The standard InChI is InChI=1S/C16H18Br2N2O/c1-3-6-20-11(2)15-5-4-13(8-16(15)18)21-14-7-12(17)9-19-10-14/h4-5,7-11,20H,3,6H2,1-2H3. The molecule has 3 nitrogen and oxygen atoms in total. The lowest BCUT2D eigenvalue weighted by Crippen LogP contribution is -2.19. The van der Waals surface area contributed by atoms with Gasteiger partial charge in [-0.2, -0.15) is 0 Å². The zero-order valence-corrected chi connectivity index (χ0v) is 15.2. The Labute approximate surface area is 142 Å². The van der Waals surface area contributed by atoms with Crippen LogP contribution in [0.3, 0.4) is 0 Å². The van der Waals surface area contributed by atoms with Gasteiger partial charge >= 0.3 is 0 Å². The van der Waals surface area contributed by atoms with Crippen molar-refractivity contribution in [2.75, 3.05) is 6.54 Å². The van der Waals surface area contributed by atoms with Crippen molar-refractivity contribution in [3.05, 3.63) is 51.2 Å². The van der Waals surface area contributed by atoms with Gasteiger partial charge in [0, 0.05) is 21.2 Å². The Morgan fingerprint density at radius 3 is 2.67 bits per heavy atom. The van der Waals surface area contributed by atoms with E-state index in [-0.39, 0.29) is 0 Å². The maximum Gasteiger partial charge on any atom is 0.146 e. The fraction of sp³-hybridized carbons (Fsp3) is 0.312. The van der Waals surface area contributed by atoms with E-state index in [2.05, 4.69) is 62.1 Å². The molecule has 112 valence electrons. The molecule has 0 spiro atoms. The summed E-state index contributed by atoms with van der Waals surface area (Å²) >= 11 is 7.01. The number of halogens is 2. The van der Waals surface area contributed by atoms with E-state index in [1.807, 2.05) is 18.2 Å². The highest BCUT2D eigenvalue weighted by Gasteiger charge is 2.10. The number of aromatic nitrogens is 1. The van der Waals surface area contributed by atoms with Crippen LogP contribution in [0.25, 0.3) is 0 Å². The normalized spacial score (nSPS) is 12.2. The number of nitrogens with one attached hydrogen (secondary N) is 1. The minimum Gasteiger partial charge on any atom is -0.456 e. The van der Waals surface area contributed by atoms with Crippen molar-refractivity contribution < 1.29 is 4.74 Å². The average Bonchev–Trinajstić information content (AvgIpc) is 2.45. The van der Waals surface area contributed by atoms with Gasteiger partial charge in [0.15, 0.2) is 0 Å². The Hall–Kier alpha value is -0.910. The van der Waals surface area contributed by atoms with E-state index in [1.165, 1.54) is 5.56 Å². The molecule has 1 N–H and O–H groups in total. The summed E-state index contributed by atoms with van der Waals surface area (Å²) in [5.41, 5.74) is 1.23. The van der Waals surface area contributed by atoms with Crippen LogP contribution in [-0.4, -0.2) is 11.5 Å². The number of hydrogen-bond donors (Lipinski definition) is 1. The summed E-state index contributed by atoms with van der Waals surface area (Å²) in [6.45, 7) is 5.34. The third-order valence-electron chi connectivity index (χ3n) is 3.05. The van der Waals surface area contributed by atoms with Crippen LogP contribution >= 0.6 is 31.9 Å². The van der Waals surface area contributed by atoms with Gasteiger partial charge in [-0.25, -0.2) is 0 Å². The summed E-state index contributed by atoms with van der Waals surface area (Å²) in [6, 6.07) is 8.24. The number of nitrogens with zero attached hydrogens (tertiary/aromatic N) is 1. The van der Waals surface area contributed by atoms with E-state index in [4.69, 9.17) is 4.74 Å². The SMILES string of the molecule is CCCNC(C)c1ccc(Oc2cncc(Br)c2)cc1Br. The second-order valence-corrected chi connectivity index (χ2v) is 6.57. The number of rotatable bonds is 6. The Morgan fingerprint density at radius 1 is 1.19 bits per heavy atom. The van der Waals surface area contributed by atoms with Gasteiger partial charge in [-0.1, -0.05) is 28.9 Å².